The minimum Gasteiger partial charge on any atom is -0.481 e. The molecule has 0 saturated carbocycles. The molecule has 1 saturated heterocycles. The Morgan fingerprint density at radius 1 is 1.62 bits per heavy atom. The summed E-state index contributed by atoms with van der Waals surface area (Å²) in [4.78, 5) is 8.03. The lowest BCUT2D eigenvalue weighted by Crippen LogP contribution is -2.42. The fourth-order valence-electron chi connectivity index (χ4n) is 1.52. The third-order valence-electron chi connectivity index (χ3n) is 2.37. The van der Waals surface area contributed by atoms with Crippen LogP contribution in [-0.4, -0.2) is 49.4 Å². The van der Waals surface area contributed by atoms with Gasteiger partial charge in [-0.25, -0.2) is 9.97 Å². The summed E-state index contributed by atoms with van der Waals surface area (Å²) in [5, 5.41) is 6.46. The molecule has 1 aromatic rings. The van der Waals surface area contributed by atoms with Crippen LogP contribution < -0.4 is 15.4 Å². The van der Waals surface area contributed by atoms with Gasteiger partial charge in [0.25, 0.3) is 0 Å². The van der Waals surface area contributed by atoms with Crippen molar-refractivity contribution in [2.45, 2.75) is 6.10 Å². The van der Waals surface area contributed by atoms with Gasteiger partial charge in [0.05, 0.1) is 19.8 Å². The molecule has 0 aliphatic carbocycles. The van der Waals surface area contributed by atoms with Crippen molar-refractivity contribution in [2.75, 3.05) is 38.7 Å². The van der Waals surface area contributed by atoms with Gasteiger partial charge in [0.1, 0.15) is 12.1 Å². The number of methoxy groups -OCH3 is 1. The molecule has 0 spiro atoms. The number of nitrogens with one attached hydrogen (secondary N) is 2. The highest BCUT2D eigenvalue weighted by Gasteiger charge is 2.12. The number of rotatable bonds is 4. The molecule has 2 N–H and O–H groups in total. The lowest BCUT2D eigenvalue weighted by Gasteiger charge is -2.23. The first-order valence-corrected chi connectivity index (χ1v) is 5.30. The second-order valence-electron chi connectivity index (χ2n) is 3.52. The SMILES string of the molecule is COc1cc(NCC2CNCCO2)ncn1. The molecular formula is C10H16N4O2. The van der Waals surface area contributed by atoms with Gasteiger partial charge in [-0.2, -0.15) is 0 Å². The quantitative estimate of drug-likeness (QED) is 0.743. The molecule has 6 heteroatoms. The summed E-state index contributed by atoms with van der Waals surface area (Å²) in [6.45, 7) is 3.29. The van der Waals surface area contributed by atoms with E-state index in [0.717, 1.165) is 32.1 Å². The molecule has 2 heterocycles. The van der Waals surface area contributed by atoms with Gasteiger partial charge >= 0.3 is 0 Å². The molecule has 0 bridgehead atoms. The number of ether oxygens (including phenoxy) is 2. The van der Waals surface area contributed by atoms with Gasteiger partial charge in [-0.3, -0.25) is 0 Å². The van der Waals surface area contributed by atoms with E-state index in [4.69, 9.17) is 9.47 Å². The van der Waals surface area contributed by atoms with Crippen LogP contribution in [-0.2, 0) is 4.74 Å². The molecule has 0 aromatic carbocycles. The normalized spacial score (nSPS) is 20.4. The second kappa shape index (κ2) is 5.62. The van der Waals surface area contributed by atoms with E-state index in [1.54, 1.807) is 13.2 Å². The number of nitrogens with zero attached hydrogens (tertiary/aromatic N) is 2. The lowest BCUT2D eigenvalue weighted by molar-refractivity contribution is 0.0372. The fraction of sp³-hybridized carbons (Fsp3) is 0.600. The molecule has 16 heavy (non-hydrogen) atoms. The van der Waals surface area contributed by atoms with Gasteiger partial charge in [0, 0.05) is 25.7 Å². The predicted molar refractivity (Wildman–Crippen MR) is 59.7 cm³/mol. The van der Waals surface area contributed by atoms with Crippen LogP contribution in [0.4, 0.5) is 5.82 Å². The summed E-state index contributed by atoms with van der Waals surface area (Å²) in [5.74, 6) is 1.31. The van der Waals surface area contributed by atoms with Crippen molar-refractivity contribution in [2.24, 2.45) is 0 Å². The highest BCUT2D eigenvalue weighted by atomic mass is 16.5. The molecule has 0 amide bonds. The van der Waals surface area contributed by atoms with E-state index in [0.29, 0.717) is 5.88 Å². The Bertz CT molecular complexity index is 328. The second-order valence-corrected chi connectivity index (χ2v) is 3.52. The third-order valence-corrected chi connectivity index (χ3v) is 2.37. The van der Waals surface area contributed by atoms with Crippen LogP contribution in [0.1, 0.15) is 0 Å². The van der Waals surface area contributed by atoms with E-state index < -0.39 is 0 Å². The van der Waals surface area contributed by atoms with Crippen LogP contribution in [0.5, 0.6) is 5.88 Å². The first-order valence-electron chi connectivity index (χ1n) is 5.30. The van der Waals surface area contributed by atoms with Crippen LogP contribution in [0.15, 0.2) is 12.4 Å². The molecule has 6 nitrogen and oxygen atoms in total. The van der Waals surface area contributed by atoms with Gasteiger partial charge in [-0.15, -0.1) is 0 Å². The Morgan fingerprint density at radius 2 is 2.56 bits per heavy atom. The van der Waals surface area contributed by atoms with E-state index >= 15 is 0 Å². The first-order chi connectivity index (χ1) is 7.88. The van der Waals surface area contributed by atoms with E-state index in [2.05, 4.69) is 20.6 Å². The van der Waals surface area contributed by atoms with Gasteiger partial charge < -0.3 is 20.1 Å². The molecule has 88 valence electrons. The number of aromatic nitrogens is 2. The van der Waals surface area contributed by atoms with E-state index in [1.807, 2.05) is 0 Å². The number of hydrogen-bond acceptors (Lipinski definition) is 6. The highest BCUT2D eigenvalue weighted by Crippen LogP contribution is 2.10. The molecule has 0 radical (unpaired) electrons. The molecule has 1 atom stereocenters. The standard InChI is InChI=1S/C10H16N4O2/c1-15-10-4-9(13-7-14-10)12-6-8-5-11-2-3-16-8/h4,7-8,11H,2-3,5-6H2,1H3,(H,12,13,14). The number of morpholine rings is 1. The maximum atomic E-state index is 5.56. The highest BCUT2D eigenvalue weighted by molar-refractivity contribution is 5.37. The van der Waals surface area contributed by atoms with Crippen molar-refractivity contribution in [3.8, 4) is 5.88 Å². The Morgan fingerprint density at radius 3 is 3.31 bits per heavy atom. The topological polar surface area (TPSA) is 68.3 Å². The molecule has 1 fully saturated rings. The Balaban J connectivity index is 1.83. The third kappa shape index (κ3) is 3.04. The van der Waals surface area contributed by atoms with Crippen molar-refractivity contribution in [1.29, 1.82) is 0 Å². The van der Waals surface area contributed by atoms with Crippen LogP contribution in [0, 0.1) is 0 Å². The van der Waals surface area contributed by atoms with Crippen LogP contribution in [0.2, 0.25) is 0 Å². The van der Waals surface area contributed by atoms with E-state index in [9.17, 15) is 0 Å². The molecule has 1 aliphatic heterocycles. The van der Waals surface area contributed by atoms with Crippen LogP contribution >= 0.6 is 0 Å². The van der Waals surface area contributed by atoms with Gasteiger partial charge in [-0.05, 0) is 0 Å². The summed E-state index contributed by atoms with van der Waals surface area (Å²) < 4.78 is 10.6. The largest absolute Gasteiger partial charge is 0.481 e. The lowest BCUT2D eigenvalue weighted by atomic mass is 10.3. The van der Waals surface area contributed by atoms with E-state index in [1.165, 1.54) is 6.33 Å². The van der Waals surface area contributed by atoms with Gasteiger partial charge in [0.15, 0.2) is 0 Å². The van der Waals surface area contributed by atoms with Crippen LogP contribution in [0.3, 0.4) is 0 Å². The number of anilines is 1. The van der Waals surface area contributed by atoms with Crippen molar-refractivity contribution >= 4 is 5.82 Å². The Labute approximate surface area is 94.4 Å². The Kier molecular flexibility index (Phi) is 3.90. The smallest absolute Gasteiger partial charge is 0.218 e. The zero-order valence-corrected chi connectivity index (χ0v) is 9.27. The average Bonchev–Trinajstić information content (AvgIpc) is 2.38. The van der Waals surface area contributed by atoms with E-state index in [-0.39, 0.29) is 6.10 Å². The van der Waals surface area contributed by atoms with Crippen molar-refractivity contribution < 1.29 is 9.47 Å². The fourth-order valence-corrected chi connectivity index (χ4v) is 1.52. The summed E-state index contributed by atoms with van der Waals surface area (Å²) in [5.41, 5.74) is 0. The molecule has 2 rings (SSSR count). The minimum absolute atomic E-state index is 0.190. The first kappa shape index (κ1) is 11.1. The summed E-state index contributed by atoms with van der Waals surface area (Å²) in [6, 6.07) is 1.76. The summed E-state index contributed by atoms with van der Waals surface area (Å²) >= 11 is 0. The zero-order chi connectivity index (χ0) is 11.2. The molecule has 1 aromatic heterocycles. The van der Waals surface area contributed by atoms with Crippen molar-refractivity contribution in [1.82, 2.24) is 15.3 Å². The monoisotopic (exact) mass is 224 g/mol. The summed E-state index contributed by atoms with van der Waals surface area (Å²) in [7, 11) is 1.58. The maximum Gasteiger partial charge on any atom is 0.218 e. The molecule has 1 aliphatic rings. The van der Waals surface area contributed by atoms with Gasteiger partial charge in [-0.1, -0.05) is 0 Å². The molecule has 1 unspecified atom stereocenters. The predicted octanol–water partition coefficient (Wildman–Crippen LogP) is -0.114. The van der Waals surface area contributed by atoms with Gasteiger partial charge in [0.2, 0.25) is 5.88 Å². The average molecular weight is 224 g/mol. The van der Waals surface area contributed by atoms with Crippen molar-refractivity contribution in [3.05, 3.63) is 12.4 Å². The minimum atomic E-state index is 0.190. The van der Waals surface area contributed by atoms with Crippen LogP contribution in [0.25, 0.3) is 0 Å². The maximum absolute atomic E-state index is 5.56. The molecular weight excluding hydrogens is 208 g/mol. The zero-order valence-electron chi connectivity index (χ0n) is 9.27. The summed E-state index contributed by atoms with van der Waals surface area (Å²) in [6.07, 6.45) is 1.66. The Hall–Kier alpha value is -1.40. The van der Waals surface area contributed by atoms with Crippen molar-refractivity contribution in [3.63, 3.8) is 0 Å². The number of hydrogen-bond donors (Lipinski definition) is 2.